The van der Waals surface area contributed by atoms with E-state index in [4.69, 9.17) is 6.42 Å². The first-order valence-electron chi connectivity index (χ1n) is 8.37. The van der Waals surface area contributed by atoms with Crippen LogP contribution in [0.4, 0.5) is 10.5 Å². The molecule has 0 saturated carbocycles. The molecular weight excluding hydrogens is 318 g/mol. The van der Waals surface area contributed by atoms with E-state index in [1.54, 1.807) is 17.0 Å². The number of anilines is 1. The van der Waals surface area contributed by atoms with Crippen molar-refractivity contribution in [3.05, 3.63) is 29.3 Å². The molecule has 0 radical (unpaired) electrons. The van der Waals surface area contributed by atoms with Crippen LogP contribution in [0, 0.1) is 19.3 Å². The van der Waals surface area contributed by atoms with Gasteiger partial charge in [-0.1, -0.05) is 6.07 Å². The molecule has 25 heavy (non-hydrogen) atoms. The third-order valence-corrected chi connectivity index (χ3v) is 4.56. The van der Waals surface area contributed by atoms with Gasteiger partial charge in [0.2, 0.25) is 0 Å². The van der Waals surface area contributed by atoms with E-state index in [1.807, 2.05) is 13.0 Å². The van der Waals surface area contributed by atoms with Crippen LogP contribution in [0.5, 0.6) is 0 Å². The number of rotatable bonds is 7. The van der Waals surface area contributed by atoms with Crippen LogP contribution < -0.4 is 15.5 Å². The second-order valence-electron chi connectivity index (χ2n) is 6.23. The number of hydrogen-bond donors (Lipinski definition) is 2. The highest BCUT2D eigenvalue weighted by Gasteiger charge is 2.38. The van der Waals surface area contributed by atoms with Gasteiger partial charge >= 0.3 is 6.03 Å². The Morgan fingerprint density at radius 3 is 2.88 bits per heavy atom. The monoisotopic (exact) mass is 339 g/mol. The molecule has 0 aliphatic carbocycles. The second kappa shape index (κ2) is 6.93. The van der Waals surface area contributed by atoms with Crippen molar-refractivity contribution in [2.75, 3.05) is 24.5 Å². The first kappa shape index (κ1) is 17.0. The number of hydrogen-bond acceptors (Lipinski definition) is 4. The van der Waals surface area contributed by atoms with E-state index in [0.717, 1.165) is 17.7 Å². The zero-order chi connectivity index (χ0) is 17.9. The molecule has 0 atom stereocenters. The number of carbonyl (C=O) groups is 2. The van der Waals surface area contributed by atoms with Gasteiger partial charge in [0.05, 0.1) is 0 Å². The van der Waals surface area contributed by atoms with Crippen LogP contribution in [0.15, 0.2) is 28.4 Å². The molecule has 0 aromatic heterocycles. The number of carbonyl (C=O) groups excluding carboxylic acids is 2. The van der Waals surface area contributed by atoms with Crippen LogP contribution >= 0.6 is 0 Å². The van der Waals surface area contributed by atoms with Gasteiger partial charge in [0.1, 0.15) is 0 Å². The van der Waals surface area contributed by atoms with E-state index < -0.39 is 5.66 Å². The summed E-state index contributed by atoms with van der Waals surface area (Å²) in [6.07, 6.45) is 7.26. The molecule has 0 spiro atoms. The normalized spacial score (nSPS) is 17.1. The fourth-order valence-electron chi connectivity index (χ4n) is 3.00. The maximum absolute atomic E-state index is 12.5. The SMILES string of the molecule is C#CCCC1(CCNC(=O)c2cccc(N3CCNC3=O)c2C)N=N1. The Balaban J connectivity index is 1.61. The Morgan fingerprint density at radius 2 is 2.24 bits per heavy atom. The van der Waals surface area contributed by atoms with Gasteiger partial charge in [-0.25, -0.2) is 4.79 Å². The lowest BCUT2D eigenvalue weighted by Gasteiger charge is -2.19. The molecular formula is C18H21N5O2. The number of amides is 3. The minimum atomic E-state index is -0.399. The lowest BCUT2D eigenvalue weighted by Crippen LogP contribution is -2.31. The van der Waals surface area contributed by atoms with Gasteiger partial charge < -0.3 is 10.6 Å². The molecule has 3 amide bonds. The first-order valence-corrected chi connectivity index (χ1v) is 8.37. The largest absolute Gasteiger partial charge is 0.352 e. The maximum atomic E-state index is 12.5. The Bertz CT molecular complexity index is 759. The van der Waals surface area contributed by atoms with Crippen molar-refractivity contribution in [2.24, 2.45) is 10.2 Å². The Morgan fingerprint density at radius 1 is 1.44 bits per heavy atom. The predicted molar refractivity (Wildman–Crippen MR) is 94.5 cm³/mol. The fraction of sp³-hybridized carbons (Fsp3) is 0.444. The van der Waals surface area contributed by atoms with Crippen molar-refractivity contribution in [1.29, 1.82) is 0 Å². The number of benzene rings is 1. The molecule has 1 fully saturated rings. The fourth-order valence-corrected chi connectivity index (χ4v) is 3.00. The van der Waals surface area contributed by atoms with Crippen molar-refractivity contribution in [3.63, 3.8) is 0 Å². The molecule has 1 saturated heterocycles. The average Bonchev–Trinajstić information content (AvgIpc) is 3.25. The third-order valence-electron chi connectivity index (χ3n) is 4.56. The summed E-state index contributed by atoms with van der Waals surface area (Å²) in [4.78, 5) is 26.0. The van der Waals surface area contributed by atoms with E-state index in [1.165, 1.54) is 0 Å². The molecule has 1 aromatic carbocycles. The third kappa shape index (κ3) is 3.63. The minimum Gasteiger partial charge on any atom is -0.352 e. The first-order chi connectivity index (χ1) is 12.1. The van der Waals surface area contributed by atoms with Gasteiger partial charge in [0.25, 0.3) is 5.91 Å². The van der Waals surface area contributed by atoms with Gasteiger partial charge in [0.15, 0.2) is 5.66 Å². The molecule has 7 heteroatoms. The number of nitrogens with zero attached hydrogens (tertiary/aromatic N) is 3. The zero-order valence-electron chi connectivity index (χ0n) is 14.2. The van der Waals surface area contributed by atoms with Crippen molar-refractivity contribution >= 4 is 17.6 Å². The molecule has 130 valence electrons. The lowest BCUT2D eigenvalue weighted by molar-refractivity contribution is 0.0951. The van der Waals surface area contributed by atoms with Crippen LogP contribution in [0.25, 0.3) is 0 Å². The smallest absolute Gasteiger partial charge is 0.322 e. The summed E-state index contributed by atoms with van der Waals surface area (Å²) in [6.45, 7) is 3.55. The lowest BCUT2D eigenvalue weighted by atomic mass is 10.0. The molecule has 0 unspecified atom stereocenters. The van der Waals surface area contributed by atoms with Crippen LogP contribution in [0.1, 0.15) is 35.2 Å². The average molecular weight is 339 g/mol. The highest BCUT2D eigenvalue weighted by atomic mass is 16.2. The van der Waals surface area contributed by atoms with Gasteiger partial charge in [-0.15, -0.1) is 12.3 Å². The van der Waals surface area contributed by atoms with Crippen molar-refractivity contribution in [2.45, 2.75) is 31.8 Å². The summed E-state index contributed by atoms with van der Waals surface area (Å²) >= 11 is 0. The summed E-state index contributed by atoms with van der Waals surface area (Å²) in [7, 11) is 0. The maximum Gasteiger partial charge on any atom is 0.322 e. The second-order valence-corrected chi connectivity index (χ2v) is 6.23. The summed E-state index contributed by atoms with van der Waals surface area (Å²) in [5.41, 5.74) is 1.73. The summed E-state index contributed by atoms with van der Waals surface area (Å²) in [6, 6.07) is 5.28. The standard InChI is InChI=1S/C18H21N5O2/c1-3-4-8-18(21-22-18)9-10-19-16(24)14-6-5-7-15(13(14)2)23-12-11-20-17(23)25/h1,5-7H,4,8-12H2,2H3,(H,19,24)(H,20,25). The predicted octanol–water partition coefficient (Wildman–Crippen LogP) is 2.22. The van der Waals surface area contributed by atoms with Crippen molar-refractivity contribution in [3.8, 4) is 12.3 Å². The van der Waals surface area contributed by atoms with Gasteiger partial charge in [0, 0.05) is 50.1 Å². The Labute approximate surface area is 146 Å². The van der Waals surface area contributed by atoms with Crippen LogP contribution in [0.3, 0.4) is 0 Å². The van der Waals surface area contributed by atoms with Gasteiger partial charge in [-0.05, 0) is 24.6 Å². The van der Waals surface area contributed by atoms with E-state index in [-0.39, 0.29) is 11.9 Å². The molecule has 0 bridgehead atoms. The quantitative estimate of drug-likeness (QED) is 0.746. The van der Waals surface area contributed by atoms with Crippen LogP contribution in [-0.2, 0) is 0 Å². The van der Waals surface area contributed by atoms with E-state index >= 15 is 0 Å². The summed E-state index contributed by atoms with van der Waals surface area (Å²) < 4.78 is 0. The summed E-state index contributed by atoms with van der Waals surface area (Å²) in [5.74, 6) is 2.43. The highest BCUT2D eigenvalue weighted by molar-refractivity contribution is 6.00. The van der Waals surface area contributed by atoms with E-state index in [2.05, 4.69) is 26.8 Å². The molecule has 2 aliphatic heterocycles. The zero-order valence-corrected chi connectivity index (χ0v) is 14.2. The van der Waals surface area contributed by atoms with Crippen molar-refractivity contribution in [1.82, 2.24) is 10.6 Å². The highest BCUT2D eigenvalue weighted by Crippen LogP contribution is 2.36. The van der Waals surface area contributed by atoms with Crippen molar-refractivity contribution < 1.29 is 9.59 Å². The molecule has 7 nitrogen and oxygen atoms in total. The minimum absolute atomic E-state index is 0.131. The molecule has 2 heterocycles. The van der Waals surface area contributed by atoms with E-state index in [0.29, 0.717) is 38.0 Å². The summed E-state index contributed by atoms with van der Waals surface area (Å²) in [5, 5.41) is 13.8. The number of terminal acetylenes is 1. The number of urea groups is 1. The van der Waals surface area contributed by atoms with Gasteiger partial charge in [-0.2, -0.15) is 10.2 Å². The molecule has 1 aromatic rings. The van der Waals surface area contributed by atoms with Crippen LogP contribution in [0.2, 0.25) is 0 Å². The Kier molecular flexibility index (Phi) is 4.70. The topological polar surface area (TPSA) is 86.2 Å². The van der Waals surface area contributed by atoms with Crippen LogP contribution in [-0.4, -0.2) is 37.2 Å². The van der Waals surface area contributed by atoms with Gasteiger partial charge in [-0.3, -0.25) is 9.69 Å². The van der Waals surface area contributed by atoms with E-state index in [9.17, 15) is 9.59 Å². The molecule has 3 rings (SSSR count). The molecule has 2 aliphatic rings. The Hall–Kier alpha value is -2.88. The number of nitrogens with one attached hydrogen (secondary N) is 2. The molecule has 2 N–H and O–H groups in total.